The van der Waals surface area contributed by atoms with Crippen LogP contribution >= 0.6 is 0 Å². The van der Waals surface area contributed by atoms with Gasteiger partial charge in [0.15, 0.2) is 0 Å². The molecule has 27 heavy (non-hydrogen) atoms. The fourth-order valence-corrected chi connectivity index (χ4v) is 3.98. The van der Waals surface area contributed by atoms with Crippen molar-refractivity contribution in [2.45, 2.75) is 25.2 Å². The van der Waals surface area contributed by atoms with Gasteiger partial charge in [-0.05, 0) is 30.5 Å². The highest BCUT2D eigenvalue weighted by Gasteiger charge is 2.37. The molecule has 3 amide bonds. The molecule has 4 rings (SSSR count). The van der Waals surface area contributed by atoms with Crippen LogP contribution < -0.4 is 0 Å². The summed E-state index contributed by atoms with van der Waals surface area (Å²) in [4.78, 5) is 40.8. The summed E-state index contributed by atoms with van der Waals surface area (Å²) in [7, 11) is 0. The third-order valence-corrected chi connectivity index (χ3v) is 5.47. The van der Waals surface area contributed by atoms with Crippen LogP contribution in [0.3, 0.4) is 0 Å². The van der Waals surface area contributed by atoms with E-state index in [0.717, 1.165) is 24.2 Å². The van der Waals surface area contributed by atoms with Crippen LogP contribution in [0, 0.1) is 0 Å². The maximum absolute atomic E-state index is 12.9. The Bertz CT molecular complexity index is 843. The molecule has 0 N–H and O–H groups in total. The molecule has 2 aliphatic heterocycles. The molecule has 5 nitrogen and oxygen atoms in total. The number of likely N-dealkylation sites (tertiary alicyclic amines) is 1. The van der Waals surface area contributed by atoms with Gasteiger partial charge in [-0.15, -0.1) is 0 Å². The molecule has 0 radical (unpaired) electrons. The Morgan fingerprint density at radius 1 is 0.889 bits per heavy atom. The molecule has 1 saturated heterocycles. The van der Waals surface area contributed by atoms with Gasteiger partial charge in [0.05, 0.1) is 11.1 Å². The second-order valence-corrected chi connectivity index (χ2v) is 7.19. The van der Waals surface area contributed by atoms with E-state index in [2.05, 4.69) is 12.1 Å². The lowest BCUT2D eigenvalue weighted by Gasteiger charge is -2.26. The number of hydrogen-bond acceptors (Lipinski definition) is 3. The van der Waals surface area contributed by atoms with Crippen LogP contribution in [0.25, 0.3) is 0 Å². The summed E-state index contributed by atoms with van der Waals surface area (Å²) in [5.74, 6) is -0.621. The molecule has 0 aromatic heterocycles. The van der Waals surface area contributed by atoms with Crippen LogP contribution in [0.4, 0.5) is 0 Å². The summed E-state index contributed by atoms with van der Waals surface area (Å²) in [6, 6.07) is 17.0. The molecule has 0 saturated carbocycles. The van der Waals surface area contributed by atoms with E-state index >= 15 is 0 Å². The monoisotopic (exact) mass is 362 g/mol. The molecule has 2 heterocycles. The molecule has 1 fully saturated rings. The van der Waals surface area contributed by atoms with E-state index in [0.29, 0.717) is 30.1 Å². The predicted octanol–water partition coefficient (Wildman–Crippen LogP) is 3.08. The van der Waals surface area contributed by atoms with Gasteiger partial charge < -0.3 is 4.90 Å². The summed E-state index contributed by atoms with van der Waals surface area (Å²) < 4.78 is 0. The van der Waals surface area contributed by atoms with Crippen molar-refractivity contribution in [3.05, 3.63) is 71.3 Å². The number of carbonyl (C=O) groups is 3. The average molecular weight is 362 g/mol. The van der Waals surface area contributed by atoms with Crippen LogP contribution in [0.2, 0.25) is 0 Å². The highest BCUT2D eigenvalue weighted by atomic mass is 16.2. The number of imide groups is 1. The Kier molecular flexibility index (Phi) is 4.75. The zero-order valence-corrected chi connectivity index (χ0v) is 15.1. The van der Waals surface area contributed by atoms with Crippen molar-refractivity contribution < 1.29 is 14.4 Å². The predicted molar refractivity (Wildman–Crippen MR) is 101 cm³/mol. The van der Waals surface area contributed by atoms with E-state index in [1.54, 1.807) is 24.3 Å². The fraction of sp³-hybridized carbons (Fsp3) is 0.318. The third kappa shape index (κ3) is 3.37. The largest absolute Gasteiger partial charge is 0.341 e. The third-order valence-electron chi connectivity index (χ3n) is 5.47. The normalized spacial score (nSPS) is 19.8. The van der Waals surface area contributed by atoms with Gasteiger partial charge in [-0.25, -0.2) is 0 Å². The lowest BCUT2D eigenvalue weighted by Crippen LogP contribution is -2.43. The summed E-state index contributed by atoms with van der Waals surface area (Å²) in [5.41, 5.74) is 2.00. The van der Waals surface area contributed by atoms with Crippen molar-refractivity contribution >= 4 is 17.7 Å². The van der Waals surface area contributed by atoms with Crippen molar-refractivity contribution in [1.29, 1.82) is 0 Å². The van der Waals surface area contributed by atoms with Crippen LogP contribution in [0.15, 0.2) is 54.6 Å². The van der Waals surface area contributed by atoms with Gasteiger partial charge >= 0.3 is 0 Å². The summed E-state index contributed by atoms with van der Waals surface area (Å²) >= 11 is 0. The second kappa shape index (κ2) is 7.35. The zero-order chi connectivity index (χ0) is 18.8. The van der Waals surface area contributed by atoms with Crippen LogP contribution in [0.5, 0.6) is 0 Å². The first kappa shape index (κ1) is 17.5. The van der Waals surface area contributed by atoms with E-state index in [1.165, 1.54) is 5.56 Å². The lowest BCUT2D eigenvalue weighted by molar-refractivity contribution is -0.131. The average Bonchev–Trinajstić information content (AvgIpc) is 2.89. The van der Waals surface area contributed by atoms with E-state index in [9.17, 15) is 14.4 Å². The minimum Gasteiger partial charge on any atom is -0.341 e. The topological polar surface area (TPSA) is 57.7 Å². The molecule has 1 unspecified atom stereocenters. The number of fused-ring (bicyclic) bond motifs is 1. The molecular weight excluding hydrogens is 340 g/mol. The minimum absolute atomic E-state index is 0.160. The number of hydrogen-bond donors (Lipinski definition) is 0. The molecule has 0 bridgehead atoms. The van der Waals surface area contributed by atoms with Gasteiger partial charge in [0.2, 0.25) is 5.91 Å². The number of carbonyl (C=O) groups excluding carboxylic acids is 3. The summed E-state index contributed by atoms with van der Waals surface area (Å²) in [5, 5.41) is 0. The van der Waals surface area contributed by atoms with E-state index in [4.69, 9.17) is 0 Å². The molecule has 2 aromatic rings. The van der Waals surface area contributed by atoms with Crippen molar-refractivity contribution in [2.24, 2.45) is 0 Å². The SMILES string of the molecule is O=C(CN1C(=O)c2ccccc2C1=O)N1CCCCC(c2ccccc2)C1. The molecule has 5 heteroatoms. The van der Waals surface area contributed by atoms with Gasteiger partial charge in [0, 0.05) is 19.0 Å². The Hall–Kier alpha value is -2.95. The maximum Gasteiger partial charge on any atom is 0.262 e. The second-order valence-electron chi connectivity index (χ2n) is 7.19. The van der Waals surface area contributed by atoms with Crippen LogP contribution in [-0.4, -0.2) is 47.2 Å². The standard InChI is InChI=1S/C22H22N2O3/c25-20(15-24-21(26)18-11-4-5-12-19(18)22(24)27)23-13-7-6-10-17(14-23)16-8-2-1-3-9-16/h1-5,8-9,11-12,17H,6-7,10,13-15H2. The van der Waals surface area contributed by atoms with Crippen molar-refractivity contribution in [1.82, 2.24) is 9.80 Å². The molecule has 2 aliphatic rings. The molecule has 0 spiro atoms. The Balaban J connectivity index is 1.48. The Morgan fingerprint density at radius 3 is 2.19 bits per heavy atom. The van der Waals surface area contributed by atoms with E-state index < -0.39 is 0 Å². The van der Waals surface area contributed by atoms with Crippen LogP contribution in [-0.2, 0) is 4.79 Å². The zero-order valence-electron chi connectivity index (χ0n) is 15.1. The van der Waals surface area contributed by atoms with Crippen molar-refractivity contribution in [3.63, 3.8) is 0 Å². The quantitative estimate of drug-likeness (QED) is 0.789. The van der Waals surface area contributed by atoms with Crippen molar-refractivity contribution in [3.8, 4) is 0 Å². The number of nitrogens with zero attached hydrogens (tertiary/aromatic N) is 2. The maximum atomic E-state index is 12.9. The molecule has 2 aromatic carbocycles. The Morgan fingerprint density at radius 2 is 1.52 bits per heavy atom. The smallest absolute Gasteiger partial charge is 0.262 e. The van der Waals surface area contributed by atoms with Crippen molar-refractivity contribution in [2.75, 3.05) is 19.6 Å². The van der Waals surface area contributed by atoms with Gasteiger partial charge in [-0.3, -0.25) is 19.3 Å². The first-order chi connectivity index (χ1) is 13.1. The number of benzene rings is 2. The molecule has 138 valence electrons. The number of rotatable bonds is 3. The summed E-state index contributed by atoms with van der Waals surface area (Å²) in [6.45, 7) is 1.12. The number of amides is 3. The van der Waals surface area contributed by atoms with E-state index in [1.807, 2.05) is 23.1 Å². The Labute approximate surface area is 158 Å². The van der Waals surface area contributed by atoms with Gasteiger partial charge in [-0.2, -0.15) is 0 Å². The molecular formula is C22H22N2O3. The highest BCUT2D eigenvalue weighted by molar-refractivity contribution is 6.22. The first-order valence-corrected chi connectivity index (χ1v) is 9.43. The van der Waals surface area contributed by atoms with Gasteiger partial charge in [0.1, 0.15) is 6.54 Å². The van der Waals surface area contributed by atoms with Gasteiger partial charge in [0.25, 0.3) is 11.8 Å². The molecule has 1 atom stereocenters. The highest BCUT2D eigenvalue weighted by Crippen LogP contribution is 2.27. The minimum atomic E-state index is -0.376. The summed E-state index contributed by atoms with van der Waals surface area (Å²) in [6.07, 6.45) is 3.05. The molecule has 0 aliphatic carbocycles. The fourth-order valence-electron chi connectivity index (χ4n) is 3.98. The lowest BCUT2D eigenvalue weighted by atomic mass is 9.94. The van der Waals surface area contributed by atoms with E-state index in [-0.39, 0.29) is 24.3 Å². The van der Waals surface area contributed by atoms with Gasteiger partial charge in [-0.1, -0.05) is 48.9 Å². The first-order valence-electron chi connectivity index (χ1n) is 9.43. The van der Waals surface area contributed by atoms with Crippen LogP contribution in [0.1, 0.15) is 51.5 Å².